The molecule has 0 N–H and O–H groups in total. The molecule has 0 amide bonds. The first kappa shape index (κ1) is 15.8. The summed E-state index contributed by atoms with van der Waals surface area (Å²) in [5, 5.41) is 0. The van der Waals surface area contributed by atoms with E-state index in [9.17, 15) is 0 Å². The highest BCUT2D eigenvalue weighted by molar-refractivity contribution is 6.66. The van der Waals surface area contributed by atoms with Gasteiger partial charge in [-0.1, -0.05) is 33.3 Å². The van der Waals surface area contributed by atoms with Crippen LogP contribution in [-0.4, -0.2) is 28.6 Å². The van der Waals surface area contributed by atoms with Crippen LogP contribution >= 0.6 is 0 Å². The van der Waals surface area contributed by atoms with Gasteiger partial charge in [0.1, 0.15) is 0 Å². The van der Waals surface area contributed by atoms with Gasteiger partial charge in [-0.2, -0.15) is 0 Å². The van der Waals surface area contributed by atoms with E-state index in [4.69, 9.17) is 13.3 Å². The minimum Gasteiger partial charge on any atom is -0.371 e. The lowest BCUT2D eigenvalue weighted by molar-refractivity contribution is 0.0654. The van der Waals surface area contributed by atoms with Crippen LogP contribution in [0.4, 0.5) is 0 Å². The largest absolute Gasteiger partial charge is 0.529 e. The van der Waals surface area contributed by atoms with E-state index in [1.54, 1.807) is 5.70 Å². The number of hydrogen-bond donors (Lipinski definition) is 0. The molecule has 3 nitrogen and oxygen atoms in total. The van der Waals surface area contributed by atoms with Gasteiger partial charge in [0.15, 0.2) is 0 Å². The van der Waals surface area contributed by atoms with Crippen molar-refractivity contribution < 1.29 is 13.3 Å². The van der Waals surface area contributed by atoms with E-state index in [1.807, 2.05) is 13.8 Å². The van der Waals surface area contributed by atoms with Crippen LogP contribution in [0.1, 0.15) is 40.5 Å². The fourth-order valence-electron chi connectivity index (χ4n) is 1.46. The average molecular weight is 246 g/mol. The summed E-state index contributed by atoms with van der Waals surface area (Å²) in [4.78, 5) is 0. The van der Waals surface area contributed by atoms with Gasteiger partial charge < -0.3 is 13.3 Å². The maximum atomic E-state index is 5.88. The lowest BCUT2D eigenvalue weighted by atomic mass is 10.1. The van der Waals surface area contributed by atoms with Crippen molar-refractivity contribution in [3.8, 4) is 0 Å². The number of rotatable bonds is 10. The van der Waals surface area contributed by atoms with E-state index in [0.717, 1.165) is 12.8 Å². The molecule has 0 spiro atoms. The molecule has 0 heterocycles. The Morgan fingerprint density at radius 3 is 1.81 bits per heavy atom. The lowest BCUT2D eigenvalue weighted by Gasteiger charge is -2.27. The molecule has 0 aromatic rings. The summed E-state index contributed by atoms with van der Waals surface area (Å²) in [6.45, 7) is 13.9. The molecule has 0 aliphatic heterocycles. The van der Waals surface area contributed by atoms with Crippen LogP contribution in [-0.2, 0) is 13.3 Å². The van der Waals surface area contributed by atoms with Crippen molar-refractivity contribution in [1.82, 2.24) is 0 Å². The molecule has 0 aliphatic carbocycles. The smallest absolute Gasteiger partial charge is 0.371 e. The second kappa shape index (κ2) is 8.93. The van der Waals surface area contributed by atoms with E-state index in [0.29, 0.717) is 25.7 Å². The first-order valence-electron chi connectivity index (χ1n) is 6.23. The highest BCUT2D eigenvalue weighted by atomic mass is 28.4. The normalized spacial score (nSPS) is 12.1. The molecule has 0 atom stereocenters. The first-order chi connectivity index (χ1) is 7.67. The fraction of sp³-hybridized carbons (Fsp3) is 0.833. The van der Waals surface area contributed by atoms with Crippen molar-refractivity contribution in [2.75, 3.05) is 19.8 Å². The van der Waals surface area contributed by atoms with Crippen LogP contribution in [0.25, 0.3) is 0 Å². The number of hydrogen-bond acceptors (Lipinski definition) is 3. The minimum atomic E-state index is -2.60. The summed E-state index contributed by atoms with van der Waals surface area (Å²) in [6, 6.07) is 0. The zero-order chi connectivity index (χ0) is 12.4. The lowest BCUT2D eigenvalue weighted by Crippen LogP contribution is -2.45. The molecule has 0 fully saturated rings. The molecule has 16 heavy (non-hydrogen) atoms. The maximum absolute atomic E-state index is 5.88. The van der Waals surface area contributed by atoms with Crippen molar-refractivity contribution in [2.24, 2.45) is 5.92 Å². The van der Waals surface area contributed by atoms with Gasteiger partial charge in [0.05, 0.1) is 0 Å². The molecular formula is C12H26O3Si. The van der Waals surface area contributed by atoms with E-state index >= 15 is 0 Å². The molecule has 0 aromatic carbocycles. The molecule has 0 rings (SSSR count). The van der Waals surface area contributed by atoms with Crippen LogP contribution in [0.15, 0.2) is 12.3 Å². The van der Waals surface area contributed by atoms with Gasteiger partial charge in [-0.05, 0) is 25.5 Å². The molecule has 96 valence electrons. The van der Waals surface area contributed by atoms with Gasteiger partial charge in [0.25, 0.3) is 0 Å². The third kappa shape index (κ3) is 5.25. The highest BCUT2D eigenvalue weighted by Crippen LogP contribution is 2.16. The predicted molar refractivity (Wildman–Crippen MR) is 69.2 cm³/mol. The summed E-state index contributed by atoms with van der Waals surface area (Å²) in [7, 11) is -2.60. The van der Waals surface area contributed by atoms with Gasteiger partial charge in [0.2, 0.25) is 0 Å². The van der Waals surface area contributed by atoms with Crippen molar-refractivity contribution in [3.05, 3.63) is 12.3 Å². The standard InChI is InChI=1S/C12H26O3Si/c1-6-12(7-2)11-15-16(10-5,13-8-3)14-9-4/h10,12H,5-9,11H2,1-4H3. The van der Waals surface area contributed by atoms with Gasteiger partial charge in [-0.15, -0.1) is 0 Å². The molecule has 0 aromatic heterocycles. The average Bonchev–Trinajstić information content (AvgIpc) is 2.30. The van der Waals surface area contributed by atoms with Crippen LogP contribution in [0.2, 0.25) is 0 Å². The van der Waals surface area contributed by atoms with Crippen LogP contribution < -0.4 is 0 Å². The minimum absolute atomic E-state index is 0.577. The van der Waals surface area contributed by atoms with Crippen LogP contribution in [0, 0.1) is 5.92 Å². The summed E-state index contributed by atoms with van der Waals surface area (Å²) < 4.78 is 17.1. The van der Waals surface area contributed by atoms with Gasteiger partial charge in [-0.25, -0.2) is 0 Å². The SMILES string of the molecule is C=C[Si](OCC)(OCC)OCC(CC)CC. The second-order valence-corrected chi connectivity index (χ2v) is 6.15. The van der Waals surface area contributed by atoms with Crippen molar-refractivity contribution in [3.63, 3.8) is 0 Å². The first-order valence-corrected chi connectivity index (χ1v) is 8.03. The third-order valence-corrected chi connectivity index (χ3v) is 5.07. The molecule has 0 unspecified atom stereocenters. The van der Waals surface area contributed by atoms with E-state index in [1.165, 1.54) is 0 Å². The van der Waals surface area contributed by atoms with Gasteiger partial charge in [0, 0.05) is 19.8 Å². The highest BCUT2D eigenvalue weighted by Gasteiger charge is 2.37. The molecular weight excluding hydrogens is 220 g/mol. The van der Waals surface area contributed by atoms with Gasteiger partial charge >= 0.3 is 8.80 Å². The van der Waals surface area contributed by atoms with E-state index in [-0.39, 0.29) is 0 Å². The Morgan fingerprint density at radius 2 is 1.50 bits per heavy atom. The topological polar surface area (TPSA) is 27.7 Å². The van der Waals surface area contributed by atoms with Crippen molar-refractivity contribution in [2.45, 2.75) is 40.5 Å². The van der Waals surface area contributed by atoms with E-state index in [2.05, 4.69) is 20.4 Å². The molecule has 0 radical (unpaired) electrons. The van der Waals surface area contributed by atoms with Crippen molar-refractivity contribution in [1.29, 1.82) is 0 Å². The van der Waals surface area contributed by atoms with Crippen molar-refractivity contribution >= 4 is 8.80 Å². The summed E-state index contributed by atoms with van der Waals surface area (Å²) >= 11 is 0. The van der Waals surface area contributed by atoms with Crippen LogP contribution in [0.5, 0.6) is 0 Å². The Labute approximate surface area is 101 Å². The summed E-state index contributed by atoms with van der Waals surface area (Å²) in [6.07, 6.45) is 2.24. The quantitative estimate of drug-likeness (QED) is 0.554. The van der Waals surface area contributed by atoms with Crippen LogP contribution in [0.3, 0.4) is 0 Å². The summed E-state index contributed by atoms with van der Waals surface area (Å²) in [5.74, 6) is 0.577. The Kier molecular flexibility index (Phi) is 8.84. The molecule has 0 bridgehead atoms. The Morgan fingerprint density at radius 1 is 1.00 bits per heavy atom. The molecule has 0 aliphatic rings. The molecule has 4 heteroatoms. The van der Waals surface area contributed by atoms with E-state index < -0.39 is 8.80 Å². The molecule has 0 saturated heterocycles. The second-order valence-electron chi connectivity index (χ2n) is 3.67. The zero-order valence-electron chi connectivity index (χ0n) is 11.1. The monoisotopic (exact) mass is 246 g/mol. The predicted octanol–water partition coefficient (Wildman–Crippen LogP) is 3.18. The Bertz CT molecular complexity index is 175. The third-order valence-electron chi connectivity index (χ3n) is 2.62. The molecule has 0 saturated carbocycles. The Hall–Kier alpha value is -0.163. The summed E-state index contributed by atoms with van der Waals surface area (Å²) in [5.41, 5.74) is 1.72. The van der Waals surface area contributed by atoms with Gasteiger partial charge in [-0.3, -0.25) is 0 Å². The Balaban J connectivity index is 4.33. The fourth-order valence-corrected chi connectivity index (χ4v) is 3.34. The zero-order valence-corrected chi connectivity index (χ0v) is 12.1. The maximum Gasteiger partial charge on any atom is 0.529 e.